The van der Waals surface area contributed by atoms with E-state index in [-0.39, 0.29) is 12.1 Å². The van der Waals surface area contributed by atoms with Crippen molar-refractivity contribution >= 4 is 17.7 Å². The Morgan fingerprint density at radius 3 is 2.77 bits per heavy atom. The van der Waals surface area contributed by atoms with Crippen molar-refractivity contribution in [3.05, 3.63) is 59.9 Å². The summed E-state index contributed by atoms with van der Waals surface area (Å²) in [6, 6.07) is 12.1. The summed E-state index contributed by atoms with van der Waals surface area (Å²) in [5, 5.41) is 0.545. The van der Waals surface area contributed by atoms with E-state index in [1.54, 1.807) is 18.5 Å². The maximum atomic E-state index is 12.2. The first-order valence-electron chi connectivity index (χ1n) is 7.62. The van der Waals surface area contributed by atoms with Gasteiger partial charge in [-0.05, 0) is 43.0 Å². The second kappa shape index (κ2) is 6.97. The zero-order valence-electron chi connectivity index (χ0n) is 12.6. The maximum Gasteiger partial charge on any atom is 0.338 e. The van der Waals surface area contributed by atoms with Gasteiger partial charge in [0.2, 0.25) is 0 Å². The molecule has 1 aliphatic carbocycles. The number of ether oxygens (including phenoxy) is 1. The third-order valence-corrected chi connectivity index (χ3v) is 5.14. The van der Waals surface area contributed by atoms with Gasteiger partial charge in [0.1, 0.15) is 6.10 Å². The average Bonchev–Trinajstić information content (AvgIpc) is 2.53. The Morgan fingerprint density at radius 2 is 2.05 bits per heavy atom. The number of thioether (sulfide) groups is 1. The number of pyridine rings is 1. The summed E-state index contributed by atoms with van der Waals surface area (Å²) >= 11 is 1.86. The Bertz CT molecular complexity index is 639. The number of esters is 1. The molecular formula is C18H19NO2S. The highest BCUT2D eigenvalue weighted by molar-refractivity contribution is 8.00. The number of benzene rings is 1. The topological polar surface area (TPSA) is 39.2 Å². The number of hydrogen-bond donors (Lipinski definition) is 0. The molecule has 0 unspecified atom stereocenters. The highest BCUT2D eigenvalue weighted by atomic mass is 32.2. The molecule has 0 amide bonds. The third kappa shape index (κ3) is 3.50. The van der Waals surface area contributed by atoms with Gasteiger partial charge in [-0.1, -0.05) is 25.1 Å². The summed E-state index contributed by atoms with van der Waals surface area (Å²) in [5.74, 6) is -0.215. The van der Waals surface area contributed by atoms with Gasteiger partial charge in [0.15, 0.2) is 0 Å². The van der Waals surface area contributed by atoms with Gasteiger partial charge in [0, 0.05) is 22.5 Å². The zero-order valence-corrected chi connectivity index (χ0v) is 13.4. The van der Waals surface area contributed by atoms with E-state index < -0.39 is 0 Å². The fourth-order valence-electron chi connectivity index (χ4n) is 2.52. The van der Waals surface area contributed by atoms with Crippen LogP contribution in [0.3, 0.4) is 0 Å². The molecule has 1 aromatic carbocycles. The van der Waals surface area contributed by atoms with Crippen LogP contribution in [-0.4, -0.2) is 22.3 Å². The number of carbonyl (C=O) groups is 1. The van der Waals surface area contributed by atoms with Gasteiger partial charge in [-0.15, -0.1) is 11.8 Å². The fraction of sp³-hybridized carbons (Fsp3) is 0.333. The minimum atomic E-state index is -0.215. The Balaban J connectivity index is 1.51. The second-order valence-electron chi connectivity index (χ2n) is 5.44. The normalized spacial score (nSPS) is 20.2. The average molecular weight is 313 g/mol. The Labute approximate surface area is 135 Å². The summed E-state index contributed by atoms with van der Waals surface area (Å²) in [5.41, 5.74) is 1.60. The van der Waals surface area contributed by atoms with Crippen molar-refractivity contribution in [3.8, 4) is 0 Å². The fourth-order valence-corrected chi connectivity index (χ4v) is 3.85. The lowest BCUT2D eigenvalue weighted by Gasteiger charge is -2.34. The molecule has 1 aromatic heterocycles. The van der Waals surface area contributed by atoms with Gasteiger partial charge in [-0.2, -0.15) is 0 Å². The minimum absolute atomic E-state index is 0.0478. The van der Waals surface area contributed by atoms with E-state index >= 15 is 0 Å². The summed E-state index contributed by atoms with van der Waals surface area (Å²) in [6.07, 6.45) is 6.08. The van der Waals surface area contributed by atoms with Crippen LogP contribution in [0, 0.1) is 0 Å². The first-order chi connectivity index (χ1) is 10.8. The van der Waals surface area contributed by atoms with Gasteiger partial charge in [0.25, 0.3) is 0 Å². The van der Waals surface area contributed by atoms with Gasteiger partial charge in [-0.25, -0.2) is 4.79 Å². The van der Waals surface area contributed by atoms with Crippen molar-refractivity contribution in [3.63, 3.8) is 0 Å². The quantitative estimate of drug-likeness (QED) is 0.778. The molecule has 3 rings (SSSR count). The van der Waals surface area contributed by atoms with Gasteiger partial charge in [-0.3, -0.25) is 4.98 Å². The molecule has 0 saturated heterocycles. The molecule has 1 fully saturated rings. The number of nitrogens with zero attached hydrogens (tertiary/aromatic N) is 1. The first kappa shape index (κ1) is 15.1. The maximum absolute atomic E-state index is 12.2. The van der Waals surface area contributed by atoms with E-state index in [4.69, 9.17) is 4.74 Å². The summed E-state index contributed by atoms with van der Waals surface area (Å²) in [7, 11) is 0. The smallest absolute Gasteiger partial charge is 0.338 e. The molecule has 3 nitrogen and oxygen atoms in total. The molecule has 1 heterocycles. The predicted octanol–water partition coefficient (Wildman–Crippen LogP) is 4.12. The molecule has 1 aliphatic rings. The van der Waals surface area contributed by atoms with Crippen molar-refractivity contribution in [1.82, 2.24) is 4.98 Å². The standard InChI is InChI=1S/C18H19NO2S/c1-2-13-12-19-9-8-17(13)18(20)21-14-10-16(11-14)22-15-6-4-3-5-7-15/h3-9,12,14,16H,2,10-11H2,1H3. The first-order valence-corrected chi connectivity index (χ1v) is 8.49. The number of hydrogen-bond acceptors (Lipinski definition) is 4. The number of carbonyl (C=O) groups excluding carboxylic acids is 1. The molecule has 2 aromatic rings. The number of aryl methyl sites for hydroxylation is 1. The summed E-state index contributed by atoms with van der Waals surface area (Å²) in [4.78, 5) is 17.6. The van der Waals surface area contributed by atoms with Crippen molar-refractivity contribution in [2.45, 2.75) is 42.4 Å². The molecule has 0 aliphatic heterocycles. The van der Waals surface area contributed by atoms with E-state index in [2.05, 4.69) is 17.1 Å². The molecule has 0 bridgehead atoms. The predicted molar refractivity (Wildman–Crippen MR) is 88.1 cm³/mol. The highest BCUT2D eigenvalue weighted by Crippen LogP contribution is 2.38. The molecule has 0 N–H and O–H groups in total. The number of rotatable bonds is 5. The van der Waals surface area contributed by atoms with Gasteiger partial charge in [0.05, 0.1) is 5.56 Å². The highest BCUT2D eigenvalue weighted by Gasteiger charge is 2.33. The zero-order chi connectivity index (χ0) is 15.4. The molecule has 1 saturated carbocycles. The van der Waals surface area contributed by atoms with Crippen molar-refractivity contribution in [1.29, 1.82) is 0 Å². The van der Waals surface area contributed by atoms with Crippen molar-refractivity contribution < 1.29 is 9.53 Å². The molecule has 0 radical (unpaired) electrons. The summed E-state index contributed by atoms with van der Waals surface area (Å²) < 4.78 is 5.60. The molecule has 0 atom stereocenters. The van der Waals surface area contributed by atoms with E-state index in [1.807, 2.05) is 36.9 Å². The Hall–Kier alpha value is -1.81. The van der Waals surface area contributed by atoms with Crippen LogP contribution < -0.4 is 0 Å². The van der Waals surface area contributed by atoms with Crippen molar-refractivity contribution in [2.75, 3.05) is 0 Å². The van der Waals surface area contributed by atoms with E-state index in [1.165, 1.54) is 4.90 Å². The van der Waals surface area contributed by atoms with Crippen LogP contribution in [0.5, 0.6) is 0 Å². The Morgan fingerprint density at radius 1 is 1.27 bits per heavy atom. The monoisotopic (exact) mass is 313 g/mol. The van der Waals surface area contributed by atoms with Gasteiger partial charge >= 0.3 is 5.97 Å². The second-order valence-corrected chi connectivity index (χ2v) is 6.81. The van der Waals surface area contributed by atoms with Crippen LogP contribution in [0.4, 0.5) is 0 Å². The van der Waals surface area contributed by atoms with Crippen LogP contribution in [0.2, 0.25) is 0 Å². The molecule has 114 valence electrons. The SMILES string of the molecule is CCc1cnccc1C(=O)OC1CC(Sc2ccccc2)C1. The van der Waals surface area contributed by atoms with Gasteiger partial charge < -0.3 is 4.74 Å². The van der Waals surface area contributed by atoms with Crippen LogP contribution >= 0.6 is 11.8 Å². The largest absolute Gasteiger partial charge is 0.459 e. The molecule has 4 heteroatoms. The number of aromatic nitrogens is 1. The molecule has 22 heavy (non-hydrogen) atoms. The molecular weight excluding hydrogens is 294 g/mol. The Kier molecular flexibility index (Phi) is 4.78. The van der Waals surface area contributed by atoms with Crippen LogP contribution in [0.1, 0.15) is 35.7 Å². The van der Waals surface area contributed by atoms with E-state index in [0.29, 0.717) is 10.8 Å². The van der Waals surface area contributed by atoms with Crippen LogP contribution in [0.15, 0.2) is 53.7 Å². The van der Waals surface area contributed by atoms with Crippen LogP contribution in [0.25, 0.3) is 0 Å². The van der Waals surface area contributed by atoms with Crippen LogP contribution in [-0.2, 0) is 11.2 Å². The summed E-state index contributed by atoms with van der Waals surface area (Å²) in [6.45, 7) is 2.02. The minimum Gasteiger partial charge on any atom is -0.459 e. The lowest BCUT2D eigenvalue weighted by Crippen LogP contribution is -2.35. The third-order valence-electron chi connectivity index (χ3n) is 3.88. The lowest BCUT2D eigenvalue weighted by atomic mass is 9.95. The molecule has 0 spiro atoms. The van der Waals surface area contributed by atoms with Crippen molar-refractivity contribution in [2.24, 2.45) is 0 Å². The van der Waals surface area contributed by atoms with E-state index in [9.17, 15) is 4.79 Å². The lowest BCUT2D eigenvalue weighted by molar-refractivity contribution is 0.0108. The van der Waals surface area contributed by atoms with E-state index in [0.717, 1.165) is 24.8 Å².